The normalized spacial score (nSPS) is 27.9. The van der Waals surface area contributed by atoms with E-state index in [9.17, 15) is 4.79 Å². The fourth-order valence-corrected chi connectivity index (χ4v) is 3.58. The zero-order valence-corrected chi connectivity index (χ0v) is 11.6. The summed E-state index contributed by atoms with van der Waals surface area (Å²) in [5, 5.41) is 2.94. The maximum absolute atomic E-state index is 11.5. The summed E-state index contributed by atoms with van der Waals surface area (Å²) in [6.45, 7) is 3.06. The first-order valence-electron chi connectivity index (χ1n) is 6.65. The molecule has 0 aromatic heterocycles. The van der Waals surface area contributed by atoms with Crippen LogP contribution in [0.15, 0.2) is 30.3 Å². The fourth-order valence-electron chi connectivity index (χ4n) is 2.60. The van der Waals surface area contributed by atoms with Gasteiger partial charge in [-0.25, -0.2) is 4.79 Å². The minimum absolute atomic E-state index is 0.0537. The molecule has 0 spiro atoms. The number of nitrogens with zero attached hydrogens (tertiary/aromatic N) is 1. The number of carbonyl (C=O) groups excluding carboxylic acids is 1. The Bertz CT molecular complexity index is 434. The number of amides is 1. The molecule has 4 nitrogen and oxygen atoms in total. The van der Waals surface area contributed by atoms with E-state index < -0.39 is 0 Å². The van der Waals surface area contributed by atoms with Crippen LogP contribution in [-0.2, 0) is 4.74 Å². The summed E-state index contributed by atoms with van der Waals surface area (Å²) in [5.74, 6) is 2.36. The van der Waals surface area contributed by atoms with Gasteiger partial charge in [-0.05, 0) is 5.56 Å². The number of ether oxygens (including phenoxy) is 1. The van der Waals surface area contributed by atoms with Crippen molar-refractivity contribution in [2.75, 3.05) is 31.1 Å². The summed E-state index contributed by atoms with van der Waals surface area (Å²) in [5.41, 5.74) is 1.07. The second-order valence-electron chi connectivity index (χ2n) is 4.90. The predicted molar refractivity (Wildman–Crippen MR) is 76.4 cm³/mol. The molecule has 19 heavy (non-hydrogen) atoms. The van der Waals surface area contributed by atoms with E-state index in [1.54, 1.807) is 0 Å². The Morgan fingerprint density at radius 1 is 1.26 bits per heavy atom. The van der Waals surface area contributed by atoms with E-state index in [2.05, 4.69) is 10.2 Å². The topological polar surface area (TPSA) is 41.6 Å². The van der Waals surface area contributed by atoms with Crippen LogP contribution in [0, 0.1) is 0 Å². The molecule has 2 aliphatic heterocycles. The highest BCUT2D eigenvalue weighted by molar-refractivity contribution is 7.99. The summed E-state index contributed by atoms with van der Waals surface area (Å²) in [6.07, 6.45) is -0.464. The van der Waals surface area contributed by atoms with Gasteiger partial charge in [0.15, 0.2) is 6.10 Å². The Labute approximate surface area is 117 Å². The zero-order chi connectivity index (χ0) is 13.1. The predicted octanol–water partition coefficient (Wildman–Crippen LogP) is 1.88. The van der Waals surface area contributed by atoms with Crippen molar-refractivity contribution >= 4 is 17.9 Å². The maximum atomic E-state index is 11.5. The molecule has 2 heterocycles. The highest BCUT2D eigenvalue weighted by Crippen LogP contribution is 2.27. The van der Waals surface area contributed by atoms with Crippen molar-refractivity contribution in [3.63, 3.8) is 0 Å². The molecule has 1 aromatic rings. The molecule has 3 rings (SSSR count). The summed E-state index contributed by atoms with van der Waals surface area (Å²) < 4.78 is 5.42. The lowest BCUT2D eigenvalue weighted by atomic mass is 10.0. The molecule has 2 fully saturated rings. The molecule has 2 aliphatic rings. The highest BCUT2D eigenvalue weighted by atomic mass is 32.2. The second-order valence-corrected chi connectivity index (χ2v) is 6.13. The number of rotatable bonds is 3. The van der Waals surface area contributed by atoms with E-state index in [1.165, 1.54) is 11.5 Å². The lowest BCUT2D eigenvalue weighted by Gasteiger charge is -2.29. The Kier molecular flexibility index (Phi) is 3.94. The van der Waals surface area contributed by atoms with Crippen LogP contribution in [0.1, 0.15) is 11.7 Å². The second kappa shape index (κ2) is 5.84. The third kappa shape index (κ3) is 3.04. The molecular weight excluding hydrogens is 260 g/mol. The number of thioether (sulfide) groups is 1. The Balaban J connectivity index is 1.69. The van der Waals surface area contributed by atoms with Crippen LogP contribution in [0.4, 0.5) is 4.79 Å². The van der Waals surface area contributed by atoms with Crippen LogP contribution in [0.5, 0.6) is 0 Å². The molecule has 5 heteroatoms. The molecule has 0 saturated carbocycles. The van der Waals surface area contributed by atoms with Crippen molar-refractivity contribution in [3.8, 4) is 0 Å². The van der Waals surface area contributed by atoms with Gasteiger partial charge in [-0.2, -0.15) is 11.8 Å². The summed E-state index contributed by atoms with van der Waals surface area (Å²) >= 11 is 1.99. The van der Waals surface area contributed by atoms with Gasteiger partial charge < -0.3 is 10.1 Å². The van der Waals surface area contributed by atoms with E-state index in [0.29, 0.717) is 0 Å². The average molecular weight is 278 g/mol. The number of hydrogen-bond acceptors (Lipinski definition) is 4. The molecule has 102 valence electrons. The molecular formula is C14H18N2O2S. The van der Waals surface area contributed by atoms with Crippen LogP contribution < -0.4 is 5.32 Å². The molecule has 2 saturated heterocycles. The van der Waals surface area contributed by atoms with Crippen molar-refractivity contribution in [2.24, 2.45) is 0 Å². The minimum atomic E-state index is -0.301. The molecule has 2 atom stereocenters. The zero-order valence-electron chi connectivity index (χ0n) is 10.7. The first-order valence-corrected chi connectivity index (χ1v) is 7.80. The van der Waals surface area contributed by atoms with Crippen LogP contribution >= 0.6 is 11.8 Å². The lowest BCUT2D eigenvalue weighted by Crippen LogP contribution is -2.44. The average Bonchev–Trinajstić information content (AvgIpc) is 2.82. The quantitative estimate of drug-likeness (QED) is 0.916. The number of cyclic esters (lactones) is 1. The molecule has 0 unspecified atom stereocenters. The standard InChI is InChI=1S/C14H18N2O2S/c17-14-15-12(10-16-6-8-19-9-7-16)13(18-14)11-4-2-1-3-5-11/h1-5,12-13H,6-10H2,(H,15,17)/t12-,13-/m1/s1. The molecule has 1 amide bonds. The van der Waals surface area contributed by atoms with E-state index in [-0.39, 0.29) is 18.2 Å². The largest absolute Gasteiger partial charge is 0.439 e. The monoisotopic (exact) mass is 278 g/mol. The van der Waals surface area contributed by atoms with Crippen molar-refractivity contribution in [3.05, 3.63) is 35.9 Å². The first kappa shape index (κ1) is 12.8. The van der Waals surface area contributed by atoms with Crippen LogP contribution in [0.2, 0.25) is 0 Å². The smallest absolute Gasteiger partial charge is 0.408 e. The third-order valence-electron chi connectivity index (χ3n) is 3.59. The summed E-state index contributed by atoms with van der Waals surface area (Å²) in [4.78, 5) is 13.9. The maximum Gasteiger partial charge on any atom is 0.408 e. The Morgan fingerprint density at radius 3 is 2.74 bits per heavy atom. The summed E-state index contributed by atoms with van der Waals surface area (Å²) in [6, 6.07) is 10.0. The van der Waals surface area contributed by atoms with Crippen molar-refractivity contribution < 1.29 is 9.53 Å². The Morgan fingerprint density at radius 2 is 2.00 bits per heavy atom. The van der Waals surface area contributed by atoms with Gasteiger partial charge in [0.25, 0.3) is 0 Å². The van der Waals surface area contributed by atoms with Crippen molar-refractivity contribution in [1.29, 1.82) is 0 Å². The van der Waals surface area contributed by atoms with Gasteiger partial charge in [0.2, 0.25) is 0 Å². The van der Waals surface area contributed by atoms with E-state index in [1.807, 2.05) is 42.1 Å². The number of hydrogen-bond donors (Lipinski definition) is 1. The van der Waals surface area contributed by atoms with E-state index in [0.717, 1.165) is 25.2 Å². The van der Waals surface area contributed by atoms with Crippen LogP contribution in [0.3, 0.4) is 0 Å². The van der Waals surface area contributed by atoms with Gasteiger partial charge >= 0.3 is 6.09 Å². The van der Waals surface area contributed by atoms with Gasteiger partial charge in [0.05, 0.1) is 6.04 Å². The Hall–Kier alpha value is -1.20. The number of nitrogens with one attached hydrogen (secondary N) is 1. The molecule has 0 bridgehead atoms. The molecule has 0 aliphatic carbocycles. The highest BCUT2D eigenvalue weighted by Gasteiger charge is 2.36. The fraction of sp³-hybridized carbons (Fsp3) is 0.500. The number of alkyl carbamates (subject to hydrolysis) is 1. The SMILES string of the molecule is O=C1N[C@H](CN2CCSCC2)[C@@H](c2ccccc2)O1. The van der Waals surface area contributed by atoms with Crippen molar-refractivity contribution in [1.82, 2.24) is 10.2 Å². The van der Waals surface area contributed by atoms with Crippen molar-refractivity contribution in [2.45, 2.75) is 12.1 Å². The van der Waals surface area contributed by atoms with Gasteiger partial charge in [0, 0.05) is 31.1 Å². The summed E-state index contributed by atoms with van der Waals surface area (Å²) in [7, 11) is 0. The van der Waals surface area contributed by atoms with Crippen LogP contribution in [-0.4, -0.2) is 48.2 Å². The van der Waals surface area contributed by atoms with Crippen LogP contribution in [0.25, 0.3) is 0 Å². The molecule has 0 radical (unpaired) electrons. The van der Waals surface area contributed by atoms with Gasteiger partial charge in [-0.1, -0.05) is 30.3 Å². The molecule has 1 aromatic carbocycles. The molecule has 1 N–H and O–H groups in total. The van der Waals surface area contributed by atoms with E-state index in [4.69, 9.17) is 4.74 Å². The first-order chi connectivity index (χ1) is 9.33. The van der Waals surface area contributed by atoms with E-state index >= 15 is 0 Å². The van der Waals surface area contributed by atoms with Gasteiger partial charge in [-0.15, -0.1) is 0 Å². The van der Waals surface area contributed by atoms with Gasteiger partial charge in [0.1, 0.15) is 0 Å². The minimum Gasteiger partial charge on any atom is -0.439 e. The third-order valence-corrected chi connectivity index (χ3v) is 4.53. The number of carbonyl (C=O) groups is 1. The lowest BCUT2D eigenvalue weighted by molar-refractivity contribution is 0.124. The number of benzene rings is 1. The van der Waals surface area contributed by atoms with Gasteiger partial charge in [-0.3, -0.25) is 4.90 Å².